The number of para-hydroxylation sites is 1. The lowest BCUT2D eigenvalue weighted by Gasteiger charge is -2.13. The third-order valence-corrected chi connectivity index (χ3v) is 2.85. The summed E-state index contributed by atoms with van der Waals surface area (Å²) >= 11 is 0. The highest BCUT2D eigenvalue weighted by atomic mass is 19.1. The van der Waals surface area contributed by atoms with Crippen LogP contribution in [0.5, 0.6) is 5.75 Å². The first-order valence-corrected chi connectivity index (χ1v) is 5.43. The molecule has 0 aromatic heterocycles. The maximum Gasteiger partial charge on any atom is 0.346 e. The van der Waals surface area contributed by atoms with Crippen LogP contribution in [0.2, 0.25) is 0 Å². The van der Waals surface area contributed by atoms with Crippen molar-refractivity contribution in [2.45, 2.75) is 31.4 Å². The van der Waals surface area contributed by atoms with Gasteiger partial charge in [0.1, 0.15) is 6.10 Å². The molecule has 1 aromatic rings. The van der Waals surface area contributed by atoms with Crippen molar-refractivity contribution in [1.29, 1.82) is 0 Å². The highest BCUT2D eigenvalue weighted by Gasteiger charge is 2.27. The van der Waals surface area contributed by atoms with E-state index in [0.29, 0.717) is 6.42 Å². The van der Waals surface area contributed by atoms with Gasteiger partial charge in [-0.25, -0.2) is 0 Å². The molecule has 5 nitrogen and oxygen atoms in total. The number of benzene rings is 1. The second-order valence-electron chi connectivity index (χ2n) is 4.16. The number of nitrogens with two attached hydrogens (primary N) is 1. The van der Waals surface area contributed by atoms with E-state index in [-0.39, 0.29) is 17.9 Å². The maximum atomic E-state index is 13.3. The van der Waals surface area contributed by atoms with Crippen LogP contribution in [0.1, 0.15) is 19.3 Å². The first kappa shape index (κ1) is 11.8. The predicted octanol–water partition coefficient (Wildman–Crippen LogP) is 1.99. The van der Waals surface area contributed by atoms with Crippen molar-refractivity contribution in [3.63, 3.8) is 0 Å². The van der Waals surface area contributed by atoms with Gasteiger partial charge in [-0.3, -0.25) is 10.1 Å². The summed E-state index contributed by atoms with van der Waals surface area (Å²) in [7, 11) is 0. The molecule has 1 fully saturated rings. The molecule has 1 aromatic carbocycles. The third kappa shape index (κ3) is 2.52. The van der Waals surface area contributed by atoms with Crippen LogP contribution >= 0.6 is 0 Å². The molecule has 2 atom stereocenters. The van der Waals surface area contributed by atoms with Crippen LogP contribution in [0, 0.1) is 15.9 Å². The van der Waals surface area contributed by atoms with Gasteiger partial charge in [-0.05, 0) is 31.4 Å². The lowest BCUT2D eigenvalue weighted by molar-refractivity contribution is -0.388. The summed E-state index contributed by atoms with van der Waals surface area (Å²) < 4.78 is 18.8. The van der Waals surface area contributed by atoms with Gasteiger partial charge in [0.15, 0.2) is 0 Å². The van der Waals surface area contributed by atoms with Gasteiger partial charge < -0.3 is 10.5 Å². The van der Waals surface area contributed by atoms with Gasteiger partial charge in [0, 0.05) is 6.04 Å². The fourth-order valence-corrected chi connectivity index (χ4v) is 2.03. The lowest BCUT2D eigenvalue weighted by Crippen LogP contribution is -2.19. The number of rotatable bonds is 3. The molecular formula is C11H13FN2O3. The zero-order chi connectivity index (χ0) is 12.4. The monoisotopic (exact) mass is 240 g/mol. The quantitative estimate of drug-likeness (QED) is 0.647. The maximum absolute atomic E-state index is 13.3. The Bertz CT molecular complexity index is 439. The molecule has 0 saturated heterocycles. The van der Waals surface area contributed by atoms with Gasteiger partial charge in [0.05, 0.1) is 4.92 Å². The van der Waals surface area contributed by atoms with Crippen LogP contribution in [-0.2, 0) is 0 Å². The van der Waals surface area contributed by atoms with Crippen molar-refractivity contribution in [1.82, 2.24) is 0 Å². The molecule has 1 aliphatic rings. The standard InChI is InChI=1S/C11H13FN2O3/c12-9-2-1-3-10(11(9)14(15)16)17-8-5-4-7(13)6-8/h1-3,7-8H,4-6,13H2. The Balaban J connectivity index is 2.20. The smallest absolute Gasteiger partial charge is 0.346 e. The number of ether oxygens (including phenoxy) is 1. The largest absolute Gasteiger partial charge is 0.483 e. The summed E-state index contributed by atoms with van der Waals surface area (Å²) in [5, 5.41) is 10.7. The van der Waals surface area contributed by atoms with Gasteiger partial charge >= 0.3 is 5.69 Å². The van der Waals surface area contributed by atoms with E-state index in [9.17, 15) is 14.5 Å². The highest BCUT2D eigenvalue weighted by Crippen LogP contribution is 2.32. The molecule has 0 heterocycles. The van der Waals surface area contributed by atoms with Crippen molar-refractivity contribution < 1.29 is 14.1 Å². The van der Waals surface area contributed by atoms with Crippen molar-refractivity contribution in [2.24, 2.45) is 5.73 Å². The summed E-state index contributed by atoms with van der Waals surface area (Å²) in [6, 6.07) is 3.91. The van der Waals surface area contributed by atoms with E-state index in [4.69, 9.17) is 10.5 Å². The minimum absolute atomic E-state index is 0.0194. The molecular weight excluding hydrogens is 227 g/mol. The molecule has 6 heteroatoms. The van der Waals surface area contributed by atoms with Crippen LogP contribution in [0.15, 0.2) is 18.2 Å². The van der Waals surface area contributed by atoms with Crippen molar-refractivity contribution >= 4 is 5.69 Å². The van der Waals surface area contributed by atoms with Gasteiger partial charge in [-0.2, -0.15) is 4.39 Å². The molecule has 0 radical (unpaired) electrons. The summed E-state index contributed by atoms with van der Waals surface area (Å²) in [6.45, 7) is 0. The topological polar surface area (TPSA) is 78.4 Å². The van der Waals surface area contributed by atoms with Crippen molar-refractivity contribution in [3.05, 3.63) is 34.1 Å². The molecule has 2 unspecified atom stereocenters. The van der Waals surface area contributed by atoms with E-state index in [1.165, 1.54) is 12.1 Å². The van der Waals surface area contributed by atoms with E-state index in [0.717, 1.165) is 18.9 Å². The Morgan fingerprint density at radius 1 is 1.47 bits per heavy atom. The van der Waals surface area contributed by atoms with Crippen LogP contribution in [0.25, 0.3) is 0 Å². The average Bonchev–Trinajstić information content (AvgIpc) is 2.63. The van der Waals surface area contributed by atoms with Crippen LogP contribution < -0.4 is 10.5 Å². The number of hydrogen-bond acceptors (Lipinski definition) is 4. The van der Waals surface area contributed by atoms with E-state index in [2.05, 4.69) is 0 Å². The SMILES string of the molecule is NC1CCC(Oc2cccc(F)c2[N+](=O)[O-])C1. The molecule has 0 spiro atoms. The summed E-state index contributed by atoms with van der Waals surface area (Å²) in [4.78, 5) is 9.98. The molecule has 0 bridgehead atoms. The molecule has 0 aliphatic heterocycles. The first-order valence-electron chi connectivity index (χ1n) is 5.43. The molecule has 1 aliphatic carbocycles. The summed E-state index contributed by atoms with van der Waals surface area (Å²) in [6.07, 6.45) is 2.06. The summed E-state index contributed by atoms with van der Waals surface area (Å²) in [5.74, 6) is -0.899. The Morgan fingerprint density at radius 3 is 2.82 bits per heavy atom. The van der Waals surface area contributed by atoms with Gasteiger partial charge in [-0.1, -0.05) is 6.07 Å². The minimum atomic E-state index is -0.880. The zero-order valence-corrected chi connectivity index (χ0v) is 9.14. The van der Waals surface area contributed by atoms with E-state index in [1.54, 1.807) is 0 Å². The van der Waals surface area contributed by atoms with Crippen molar-refractivity contribution in [3.8, 4) is 5.75 Å². The van der Waals surface area contributed by atoms with Crippen LogP contribution in [0.3, 0.4) is 0 Å². The van der Waals surface area contributed by atoms with Gasteiger partial charge in [-0.15, -0.1) is 0 Å². The van der Waals surface area contributed by atoms with Crippen LogP contribution in [0.4, 0.5) is 10.1 Å². The first-order chi connectivity index (χ1) is 8.08. The Labute approximate surface area is 97.5 Å². The van der Waals surface area contributed by atoms with E-state index in [1.807, 2.05) is 0 Å². The van der Waals surface area contributed by atoms with Gasteiger partial charge in [0.2, 0.25) is 11.6 Å². The zero-order valence-electron chi connectivity index (χ0n) is 9.14. The number of nitro groups is 1. The number of nitrogens with zero attached hydrogens (tertiary/aromatic N) is 1. The summed E-state index contributed by atoms with van der Waals surface area (Å²) in [5.41, 5.74) is 5.11. The van der Waals surface area contributed by atoms with E-state index >= 15 is 0 Å². The van der Waals surface area contributed by atoms with E-state index < -0.39 is 16.4 Å². The predicted molar refractivity (Wildman–Crippen MR) is 59.3 cm³/mol. The normalized spacial score (nSPS) is 23.6. The molecule has 1 saturated carbocycles. The Kier molecular flexibility index (Phi) is 3.23. The van der Waals surface area contributed by atoms with Crippen molar-refractivity contribution in [2.75, 3.05) is 0 Å². The number of nitro benzene ring substituents is 1. The Morgan fingerprint density at radius 2 is 2.24 bits per heavy atom. The highest BCUT2D eigenvalue weighted by molar-refractivity contribution is 5.47. The van der Waals surface area contributed by atoms with Crippen LogP contribution in [-0.4, -0.2) is 17.1 Å². The van der Waals surface area contributed by atoms with Gasteiger partial charge in [0.25, 0.3) is 0 Å². The second kappa shape index (κ2) is 4.67. The number of halogens is 1. The molecule has 0 amide bonds. The molecule has 2 rings (SSSR count). The second-order valence-corrected chi connectivity index (χ2v) is 4.16. The fraction of sp³-hybridized carbons (Fsp3) is 0.455. The fourth-order valence-electron chi connectivity index (χ4n) is 2.03. The Hall–Kier alpha value is -1.69. The molecule has 92 valence electrons. The molecule has 17 heavy (non-hydrogen) atoms. The lowest BCUT2D eigenvalue weighted by atomic mass is 10.2. The number of hydrogen-bond donors (Lipinski definition) is 1. The minimum Gasteiger partial charge on any atom is -0.483 e. The molecule has 2 N–H and O–H groups in total. The third-order valence-electron chi connectivity index (χ3n) is 2.85. The average molecular weight is 240 g/mol.